The lowest BCUT2D eigenvalue weighted by Gasteiger charge is -2.07. The number of carbonyl (C=O) groups excluding carboxylic acids is 2. The van der Waals surface area contributed by atoms with E-state index in [1.54, 1.807) is 30.3 Å². The van der Waals surface area contributed by atoms with Gasteiger partial charge in [0.05, 0.1) is 0 Å². The highest BCUT2D eigenvalue weighted by molar-refractivity contribution is 6.30. The molecule has 0 aliphatic carbocycles. The number of hydrogen-bond donors (Lipinski definition) is 2. The van der Waals surface area contributed by atoms with E-state index in [9.17, 15) is 14.0 Å². The third kappa shape index (κ3) is 8.12. The lowest BCUT2D eigenvalue weighted by Crippen LogP contribution is -2.30. The fourth-order valence-electron chi connectivity index (χ4n) is 1.92. The molecule has 0 spiro atoms. The summed E-state index contributed by atoms with van der Waals surface area (Å²) in [6, 6.07) is 12.7. The second kappa shape index (κ2) is 10.6. The minimum absolute atomic E-state index is 0.0633. The van der Waals surface area contributed by atoms with Gasteiger partial charge in [-0.2, -0.15) is 0 Å². The van der Waals surface area contributed by atoms with Gasteiger partial charge in [0.2, 0.25) is 0 Å². The lowest BCUT2D eigenvalue weighted by atomic mass is 10.2. The zero-order valence-electron chi connectivity index (χ0n) is 15.3. The average molecular weight is 379 g/mol. The maximum absolute atomic E-state index is 12.7. The molecule has 2 N–H and O–H groups in total. The predicted molar refractivity (Wildman–Crippen MR) is 103 cm³/mol. The van der Waals surface area contributed by atoms with E-state index in [1.807, 2.05) is 27.7 Å². The molecular formula is C20H24ClFN2O2. The van der Waals surface area contributed by atoms with Crippen molar-refractivity contribution in [3.05, 3.63) is 70.5 Å². The van der Waals surface area contributed by atoms with Gasteiger partial charge < -0.3 is 10.6 Å². The molecule has 2 amide bonds. The summed E-state index contributed by atoms with van der Waals surface area (Å²) in [6.45, 7) is 7.57. The number of carbonyl (C=O) groups is 2. The van der Waals surface area contributed by atoms with Gasteiger partial charge in [0.25, 0.3) is 11.8 Å². The maximum Gasteiger partial charge on any atom is 0.251 e. The number of benzene rings is 2. The summed E-state index contributed by atoms with van der Waals surface area (Å²) in [4.78, 5) is 22.7. The predicted octanol–water partition coefficient (Wildman–Crippen LogP) is 4.44. The van der Waals surface area contributed by atoms with Gasteiger partial charge in [0, 0.05) is 28.2 Å². The van der Waals surface area contributed by atoms with E-state index < -0.39 is 5.82 Å². The summed E-state index contributed by atoms with van der Waals surface area (Å²) in [5, 5.41) is 6.12. The Morgan fingerprint density at radius 2 is 1.35 bits per heavy atom. The highest BCUT2D eigenvalue weighted by Gasteiger charge is 2.07. The van der Waals surface area contributed by atoms with Gasteiger partial charge in [0.15, 0.2) is 0 Å². The summed E-state index contributed by atoms with van der Waals surface area (Å²) in [5.74, 6) is -0.697. The lowest BCUT2D eigenvalue weighted by molar-refractivity contribution is 0.0934. The first kappa shape index (κ1) is 21.6. The second-order valence-electron chi connectivity index (χ2n) is 6.27. The largest absolute Gasteiger partial charge is 0.350 e. The van der Waals surface area contributed by atoms with E-state index in [0.29, 0.717) is 16.1 Å². The fraction of sp³-hybridized carbons (Fsp3) is 0.300. The van der Waals surface area contributed by atoms with Crippen molar-refractivity contribution >= 4 is 23.4 Å². The van der Waals surface area contributed by atoms with Crippen LogP contribution in [0.2, 0.25) is 5.02 Å². The first-order valence-corrected chi connectivity index (χ1v) is 8.69. The van der Waals surface area contributed by atoms with Crippen molar-refractivity contribution in [1.29, 1.82) is 0 Å². The van der Waals surface area contributed by atoms with Crippen molar-refractivity contribution < 1.29 is 14.0 Å². The Morgan fingerprint density at radius 3 is 1.81 bits per heavy atom. The first-order chi connectivity index (χ1) is 12.2. The van der Waals surface area contributed by atoms with Crippen LogP contribution in [0.4, 0.5) is 4.39 Å². The van der Waals surface area contributed by atoms with E-state index in [1.165, 1.54) is 18.2 Å². The fourth-order valence-corrected chi connectivity index (χ4v) is 2.05. The van der Waals surface area contributed by atoms with Gasteiger partial charge in [-0.1, -0.05) is 17.7 Å². The molecule has 4 nitrogen and oxygen atoms in total. The van der Waals surface area contributed by atoms with Gasteiger partial charge in [-0.05, 0) is 70.2 Å². The van der Waals surface area contributed by atoms with Crippen molar-refractivity contribution in [1.82, 2.24) is 10.6 Å². The van der Waals surface area contributed by atoms with Crippen molar-refractivity contribution in [2.24, 2.45) is 0 Å². The van der Waals surface area contributed by atoms with E-state index in [4.69, 9.17) is 11.6 Å². The Hall–Kier alpha value is -2.40. The third-order valence-corrected chi connectivity index (χ3v) is 3.28. The molecule has 0 unspecified atom stereocenters. The topological polar surface area (TPSA) is 58.2 Å². The van der Waals surface area contributed by atoms with Crippen molar-refractivity contribution in [2.75, 3.05) is 0 Å². The van der Waals surface area contributed by atoms with Crippen LogP contribution in [0.5, 0.6) is 0 Å². The average Bonchev–Trinajstić information content (AvgIpc) is 2.55. The molecule has 0 aliphatic rings. The number of hydrogen-bond acceptors (Lipinski definition) is 2. The van der Waals surface area contributed by atoms with Crippen LogP contribution in [0, 0.1) is 5.82 Å². The van der Waals surface area contributed by atoms with Crippen LogP contribution >= 0.6 is 11.6 Å². The van der Waals surface area contributed by atoms with Crippen LogP contribution in [-0.2, 0) is 0 Å². The van der Waals surface area contributed by atoms with E-state index in [-0.39, 0.29) is 23.9 Å². The molecule has 0 atom stereocenters. The Morgan fingerprint density at radius 1 is 0.846 bits per heavy atom. The van der Waals surface area contributed by atoms with Gasteiger partial charge in [-0.25, -0.2) is 4.39 Å². The molecule has 0 fully saturated rings. The van der Waals surface area contributed by atoms with Gasteiger partial charge in [-0.3, -0.25) is 9.59 Å². The first-order valence-electron chi connectivity index (χ1n) is 8.32. The smallest absolute Gasteiger partial charge is 0.251 e. The summed E-state index contributed by atoms with van der Waals surface area (Å²) < 4.78 is 12.7. The number of amides is 2. The SMILES string of the molecule is CC(C)NC(=O)c1ccc(Cl)cc1.CC(C)NC(=O)c1cccc(F)c1. The number of halogens is 2. The summed E-state index contributed by atoms with van der Waals surface area (Å²) in [6.07, 6.45) is 0. The molecule has 0 aliphatic heterocycles. The van der Waals surface area contributed by atoms with Crippen molar-refractivity contribution in [3.8, 4) is 0 Å². The van der Waals surface area contributed by atoms with E-state index in [2.05, 4.69) is 10.6 Å². The van der Waals surface area contributed by atoms with Crippen LogP contribution in [0.25, 0.3) is 0 Å². The minimum Gasteiger partial charge on any atom is -0.350 e. The summed E-state index contributed by atoms with van der Waals surface area (Å²) >= 11 is 5.69. The quantitative estimate of drug-likeness (QED) is 0.826. The van der Waals surface area contributed by atoms with Crippen LogP contribution in [0.1, 0.15) is 48.4 Å². The van der Waals surface area contributed by atoms with Crippen LogP contribution < -0.4 is 10.6 Å². The second-order valence-corrected chi connectivity index (χ2v) is 6.71. The number of nitrogens with one attached hydrogen (secondary N) is 2. The zero-order valence-corrected chi connectivity index (χ0v) is 16.1. The van der Waals surface area contributed by atoms with Crippen molar-refractivity contribution in [2.45, 2.75) is 39.8 Å². The number of rotatable bonds is 4. The molecule has 0 heterocycles. The molecule has 140 valence electrons. The van der Waals surface area contributed by atoms with Crippen LogP contribution in [-0.4, -0.2) is 23.9 Å². The molecule has 2 rings (SSSR count). The molecule has 0 radical (unpaired) electrons. The Bertz CT molecular complexity index is 731. The molecule has 0 saturated carbocycles. The maximum atomic E-state index is 12.7. The Labute approximate surface area is 158 Å². The van der Waals surface area contributed by atoms with E-state index >= 15 is 0 Å². The van der Waals surface area contributed by atoms with E-state index in [0.717, 1.165) is 0 Å². The zero-order chi connectivity index (χ0) is 19.7. The van der Waals surface area contributed by atoms with Gasteiger partial charge in [0.1, 0.15) is 5.82 Å². The van der Waals surface area contributed by atoms with Gasteiger partial charge >= 0.3 is 0 Å². The Kier molecular flexibility index (Phi) is 8.79. The standard InChI is InChI=1S/C10H12ClNO.C10H12FNO/c1-7(2)12-10(13)8-3-5-9(11)6-4-8;1-7(2)12-10(13)8-4-3-5-9(11)6-8/h2*3-7H,1-2H3,(H,12,13). The van der Waals surface area contributed by atoms with Crippen LogP contribution in [0.15, 0.2) is 48.5 Å². The normalized spacial score (nSPS) is 10.2. The monoisotopic (exact) mass is 378 g/mol. The molecule has 0 aromatic heterocycles. The molecule has 2 aromatic rings. The highest BCUT2D eigenvalue weighted by atomic mass is 35.5. The highest BCUT2D eigenvalue weighted by Crippen LogP contribution is 2.09. The molecular weight excluding hydrogens is 355 g/mol. The third-order valence-electron chi connectivity index (χ3n) is 3.03. The Balaban J connectivity index is 0.000000260. The van der Waals surface area contributed by atoms with Crippen molar-refractivity contribution in [3.63, 3.8) is 0 Å². The summed E-state index contributed by atoms with van der Waals surface area (Å²) in [7, 11) is 0. The summed E-state index contributed by atoms with van der Waals surface area (Å²) in [5.41, 5.74) is 0.992. The van der Waals surface area contributed by atoms with Crippen LogP contribution in [0.3, 0.4) is 0 Å². The molecule has 26 heavy (non-hydrogen) atoms. The minimum atomic E-state index is -0.392. The molecule has 0 bridgehead atoms. The molecule has 2 aromatic carbocycles. The molecule has 6 heteroatoms. The van der Waals surface area contributed by atoms with Gasteiger partial charge in [-0.15, -0.1) is 0 Å². The molecule has 0 saturated heterocycles.